The fourth-order valence-electron chi connectivity index (χ4n) is 2.78. The second-order valence-electron chi connectivity index (χ2n) is 6.33. The van der Waals surface area contributed by atoms with Crippen molar-refractivity contribution in [2.45, 2.75) is 46.2 Å². The molecule has 1 aliphatic rings. The molecule has 2 N–H and O–H groups in total. The average Bonchev–Trinajstić information content (AvgIpc) is 2.24. The Morgan fingerprint density at radius 3 is 2.44 bits per heavy atom. The summed E-state index contributed by atoms with van der Waals surface area (Å²) in [5, 5.41) is 0. The van der Waals surface area contributed by atoms with Gasteiger partial charge in [0, 0.05) is 31.7 Å². The molecule has 3 heteroatoms. The first-order chi connectivity index (χ1) is 7.35. The van der Waals surface area contributed by atoms with Crippen molar-refractivity contribution in [3.8, 4) is 0 Å². The van der Waals surface area contributed by atoms with Gasteiger partial charge < -0.3 is 10.6 Å². The molecule has 0 aliphatic carbocycles. The molecule has 0 aromatic carbocycles. The van der Waals surface area contributed by atoms with Crippen LogP contribution in [-0.2, 0) is 0 Å². The highest BCUT2D eigenvalue weighted by Gasteiger charge is 2.32. The van der Waals surface area contributed by atoms with E-state index in [9.17, 15) is 0 Å². The van der Waals surface area contributed by atoms with E-state index in [2.05, 4.69) is 44.5 Å². The fraction of sp³-hybridized carbons (Fsp3) is 1.00. The maximum Gasteiger partial charge on any atom is 0.0232 e. The van der Waals surface area contributed by atoms with Crippen LogP contribution >= 0.6 is 0 Å². The third kappa shape index (κ3) is 3.72. The van der Waals surface area contributed by atoms with Crippen molar-refractivity contribution in [3.05, 3.63) is 0 Å². The smallest absolute Gasteiger partial charge is 0.0232 e. The van der Waals surface area contributed by atoms with Gasteiger partial charge in [0.15, 0.2) is 0 Å². The number of hydrogen-bond donors (Lipinski definition) is 1. The number of nitrogens with two attached hydrogens (primary N) is 1. The van der Waals surface area contributed by atoms with E-state index < -0.39 is 0 Å². The predicted molar refractivity (Wildman–Crippen MR) is 70.6 cm³/mol. The Morgan fingerprint density at radius 1 is 1.31 bits per heavy atom. The number of likely N-dealkylation sites (N-methyl/N-ethyl adjacent to an activating group) is 1. The standard InChI is InChI=1S/C13H29N3/c1-11(2)16-8-12(6-7-14)15(5)9-13(3,4)10-16/h11-12H,6-10,14H2,1-5H3. The molecule has 3 nitrogen and oxygen atoms in total. The van der Waals surface area contributed by atoms with Gasteiger partial charge in [0.1, 0.15) is 0 Å². The third-order valence-corrected chi connectivity index (χ3v) is 3.61. The molecule has 0 spiro atoms. The van der Waals surface area contributed by atoms with E-state index in [0.29, 0.717) is 17.5 Å². The van der Waals surface area contributed by atoms with Crippen LogP contribution < -0.4 is 5.73 Å². The second-order valence-corrected chi connectivity index (χ2v) is 6.33. The molecule has 1 aliphatic heterocycles. The van der Waals surface area contributed by atoms with E-state index in [0.717, 1.165) is 19.5 Å². The molecule has 1 heterocycles. The molecule has 16 heavy (non-hydrogen) atoms. The van der Waals surface area contributed by atoms with Gasteiger partial charge in [0.2, 0.25) is 0 Å². The normalized spacial score (nSPS) is 28.3. The SMILES string of the molecule is CC(C)N1CC(CCN)N(C)CC(C)(C)C1. The van der Waals surface area contributed by atoms with Crippen LogP contribution in [0.4, 0.5) is 0 Å². The second kappa shape index (κ2) is 5.48. The molecular weight excluding hydrogens is 198 g/mol. The molecule has 1 fully saturated rings. The summed E-state index contributed by atoms with van der Waals surface area (Å²) in [5.74, 6) is 0. The average molecular weight is 227 g/mol. The minimum Gasteiger partial charge on any atom is -0.330 e. The summed E-state index contributed by atoms with van der Waals surface area (Å²) in [6, 6.07) is 1.25. The van der Waals surface area contributed by atoms with Crippen molar-refractivity contribution >= 4 is 0 Å². The summed E-state index contributed by atoms with van der Waals surface area (Å²) in [7, 11) is 2.24. The maximum atomic E-state index is 5.72. The molecule has 96 valence electrons. The van der Waals surface area contributed by atoms with Gasteiger partial charge in [-0.15, -0.1) is 0 Å². The fourth-order valence-corrected chi connectivity index (χ4v) is 2.78. The Kier molecular flexibility index (Phi) is 4.77. The lowest BCUT2D eigenvalue weighted by atomic mass is 9.92. The summed E-state index contributed by atoms with van der Waals surface area (Å²) in [5.41, 5.74) is 6.09. The molecule has 0 aromatic heterocycles. The summed E-state index contributed by atoms with van der Waals surface area (Å²) in [6.07, 6.45) is 1.11. The molecule has 0 saturated carbocycles. The van der Waals surface area contributed by atoms with Crippen molar-refractivity contribution < 1.29 is 0 Å². The summed E-state index contributed by atoms with van der Waals surface area (Å²) in [6.45, 7) is 13.6. The van der Waals surface area contributed by atoms with Gasteiger partial charge in [-0.05, 0) is 39.3 Å². The van der Waals surface area contributed by atoms with Gasteiger partial charge >= 0.3 is 0 Å². The first-order valence-electron chi connectivity index (χ1n) is 6.50. The van der Waals surface area contributed by atoms with Gasteiger partial charge in [-0.25, -0.2) is 0 Å². The van der Waals surface area contributed by atoms with Gasteiger partial charge in [0.25, 0.3) is 0 Å². The molecule has 1 unspecified atom stereocenters. The van der Waals surface area contributed by atoms with Gasteiger partial charge in [-0.3, -0.25) is 4.90 Å². The van der Waals surface area contributed by atoms with Crippen LogP contribution in [0.1, 0.15) is 34.1 Å². The van der Waals surface area contributed by atoms with Crippen LogP contribution in [0, 0.1) is 5.41 Å². The lowest BCUT2D eigenvalue weighted by Crippen LogP contribution is -2.42. The zero-order valence-electron chi connectivity index (χ0n) is 11.7. The first-order valence-corrected chi connectivity index (χ1v) is 6.50. The molecule has 0 bridgehead atoms. The van der Waals surface area contributed by atoms with E-state index in [1.165, 1.54) is 13.1 Å². The number of hydrogen-bond acceptors (Lipinski definition) is 3. The lowest BCUT2D eigenvalue weighted by molar-refractivity contribution is 0.163. The van der Waals surface area contributed by atoms with E-state index in [4.69, 9.17) is 5.73 Å². The number of nitrogens with zero attached hydrogens (tertiary/aromatic N) is 2. The Hall–Kier alpha value is -0.120. The van der Waals surface area contributed by atoms with Crippen molar-refractivity contribution in [3.63, 3.8) is 0 Å². The quantitative estimate of drug-likeness (QED) is 0.791. The van der Waals surface area contributed by atoms with E-state index in [1.807, 2.05) is 0 Å². The minimum atomic E-state index is 0.377. The van der Waals surface area contributed by atoms with Crippen molar-refractivity contribution in [1.82, 2.24) is 9.80 Å². The predicted octanol–water partition coefficient (Wildman–Crippen LogP) is 1.39. The van der Waals surface area contributed by atoms with Crippen molar-refractivity contribution in [2.75, 3.05) is 33.2 Å². The first kappa shape index (κ1) is 13.9. The lowest BCUT2D eigenvalue weighted by Gasteiger charge is -2.32. The largest absolute Gasteiger partial charge is 0.330 e. The topological polar surface area (TPSA) is 32.5 Å². The van der Waals surface area contributed by atoms with Crippen LogP contribution in [-0.4, -0.2) is 55.1 Å². The summed E-state index contributed by atoms with van der Waals surface area (Å²) < 4.78 is 0. The minimum absolute atomic E-state index is 0.377. The van der Waals surface area contributed by atoms with Crippen LogP contribution in [0.5, 0.6) is 0 Å². The molecule has 1 saturated heterocycles. The molecule has 0 radical (unpaired) electrons. The zero-order valence-corrected chi connectivity index (χ0v) is 11.7. The van der Waals surface area contributed by atoms with Gasteiger partial charge in [-0.1, -0.05) is 13.8 Å². The highest BCUT2D eigenvalue weighted by molar-refractivity contribution is 4.87. The molecular formula is C13H29N3. The summed E-state index contributed by atoms with van der Waals surface area (Å²) >= 11 is 0. The maximum absolute atomic E-state index is 5.72. The zero-order chi connectivity index (χ0) is 12.3. The van der Waals surface area contributed by atoms with Crippen LogP contribution in [0.3, 0.4) is 0 Å². The van der Waals surface area contributed by atoms with E-state index in [-0.39, 0.29) is 0 Å². The van der Waals surface area contributed by atoms with Gasteiger partial charge in [-0.2, -0.15) is 0 Å². The summed E-state index contributed by atoms with van der Waals surface area (Å²) in [4.78, 5) is 5.10. The van der Waals surface area contributed by atoms with E-state index in [1.54, 1.807) is 0 Å². The Balaban J connectivity index is 2.76. The van der Waals surface area contributed by atoms with Gasteiger partial charge in [0.05, 0.1) is 0 Å². The van der Waals surface area contributed by atoms with Crippen LogP contribution in [0.2, 0.25) is 0 Å². The van der Waals surface area contributed by atoms with E-state index >= 15 is 0 Å². The molecule has 1 rings (SSSR count). The highest BCUT2D eigenvalue weighted by atomic mass is 15.3. The Labute approximate surface area is 101 Å². The number of rotatable bonds is 3. The molecule has 0 aromatic rings. The third-order valence-electron chi connectivity index (χ3n) is 3.61. The molecule has 1 atom stereocenters. The highest BCUT2D eigenvalue weighted by Crippen LogP contribution is 2.25. The van der Waals surface area contributed by atoms with Crippen molar-refractivity contribution in [2.24, 2.45) is 11.1 Å². The van der Waals surface area contributed by atoms with Crippen LogP contribution in [0.25, 0.3) is 0 Å². The van der Waals surface area contributed by atoms with Crippen LogP contribution in [0.15, 0.2) is 0 Å². The molecule has 0 amide bonds. The van der Waals surface area contributed by atoms with Crippen molar-refractivity contribution in [1.29, 1.82) is 0 Å². The Bertz CT molecular complexity index is 213. The monoisotopic (exact) mass is 227 g/mol. The Morgan fingerprint density at radius 2 is 1.94 bits per heavy atom.